The molecule has 1 aromatic heterocycles. The van der Waals surface area contributed by atoms with Crippen LogP contribution < -0.4 is 10.3 Å². The van der Waals surface area contributed by atoms with E-state index >= 15 is 0 Å². The molecule has 1 aromatic carbocycles. The summed E-state index contributed by atoms with van der Waals surface area (Å²) in [5, 5.41) is 0. The third-order valence-electron chi connectivity index (χ3n) is 2.44. The number of ketones is 1. The van der Waals surface area contributed by atoms with Crippen LogP contribution in [0, 0.1) is 5.82 Å². The minimum atomic E-state index is -0.364. The molecule has 0 atom stereocenters. The Balaban J connectivity index is 2.17. The van der Waals surface area contributed by atoms with E-state index in [0.717, 1.165) is 0 Å². The van der Waals surface area contributed by atoms with Crippen LogP contribution >= 0.6 is 0 Å². The van der Waals surface area contributed by atoms with Crippen LogP contribution in [0.5, 0.6) is 0 Å². The number of hydrogen-bond donors (Lipinski definition) is 1. The number of nitrogen functional groups attached to an aromatic ring is 1. The predicted octanol–water partition coefficient (Wildman–Crippen LogP) is 2.05. The number of benzene rings is 1. The highest BCUT2D eigenvalue weighted by Crippen LogP contribution is 2.04. The van der Waals surface area contributed by atoms with E-state index in [-0.39, 0.29) is 11.6 Å². The van der Waals surface area contributed by atoms with Crippen molar-refractivity contribution in [2.45, 2.75) is 0 Å². The van der Waals surface area contributed by atoms with E-state index in [9.17, 15) is 9.18 Å². The molecule has 2 N–H and O–H groups in total. The Kier molecular flexibility index (Phi) is 3.48. The second-order valence-electron chi connectivity index (χ2n) is 3.72. The third-order valence-corrected chi connectivity index (χ3v) is 2.44. The molecule has 0 spiro atoms. The Bertz CT molecular complexity index is 591. The molecule has 0 amide bonds. The van der Waals surface area contributed by atoms with Crippen LogP contribution in [0.25, 0.3) is 6.20 Å². The van der Waals surface area contributed by atoms with Gasteiger partial charge in [-0.05, 0) is 30.3 Å². The van der Waals surface area contributed by atoms with Gasteiger partial charge >= 0.3 is 0 Å². The number of nitrogens with two attached hydrogens (primary N) is 1. The molecule has 0 saturated heterocycles. The smallest absolute Gasteiger partial charge is 0.276 e. The lowest BCUT2D eigenvalue weighted by atomic mass is 10.1. The van der Waals surface area contributed by atoms with Gasteiger partial charge in [-0.3, -0.25) is 10.5 Å². The van der Waals surface area contributed by atoms with Crippen molar-refractivity contribution < 1.29 is 13.8 Å². The van der Waals surface area contributed by atoms with Crippen molar-refractivity contribution in [1.29, 1.82) is 0 Å². The van der Waals surface area contributed by atoms with Gasteiger partial charge < -0.3 is 0 Å². The van der Waals surface area contributed by atoms with Crippen molar-refractivity contribution in [2.75, 3.05) is 5.73 Å². The van der Waals surface area contributed by atoms with E-state index in [1.807, 2.05) is 12.1 Å². The van der Waals surface area contributed by atoms with E-state index in [4.69, 9.17) is 5.73 Å². The maximum atomic E-state index is 12.7. The minimum Gasteiger partial charge on any atom is -0.289 e. The Hall–Kier alpha value is -2.49. The molecule has 0 aliphatic heterocycles. The fourth-order valence-corrected chi connectivity index (χ4v) is 1.46. The summed E-state index contributed by atoms with van der Waals surface area (Å²) in [4.78, 5) is 11.8. The zero-order valence-electron chi connectivity index (χ0n) is 9.58. The summed E-state index contributed by atoms with van der Waals surface area (Å²) in [6.07, 6.45) is 4.70. The SMILES string of the molecule is Nc1cccc[n+]1/C=C/C(=O)c1ccc(F)cc1. The molecule has 0 aliphatic rings. The third kappa shape index (κ3) is 2.79. The fourth-order valence-electron chi connectivity index (χ4n) is 1.46. The molecule has 0 fully saturated rings. The molecule has 2 aromatic rings. The van der Waals surface area contributed by atoms with Gasteiger partial charge in [0.1, 0.15) is 5.82 Å². The van der Waals surface area contributed by atoms with Gasteiger partial charge in [-0.15, -0.1) is 0 Å². The number of allylic oxidation sites excluding steroid dienone is 1. The molecular weight excluding hydrogens is 231 g/mol. The first-order valence-corrected chi connectivity index (χ1v) is 5.40. The van der Waals surface area contributed by atoms with Crippen molar-refractivity contribution in [3.63, 3.8) is 0 Å². The zero-order chi connectivity index (χ0) is 13.0. The number of anilines is 1. The second kappa shape index (κ2) is 5.23. The average Bonchev–Trinajstić information content (AvgIpc) is 2.38. The number of pyridine rings is 1. The van der Waals surface area contributed by atoms with Crippen molar-refractivity contribution in [1.82, 2.24) is 0 Å². The number of nitrogens with zero attached hydrogens (tertiary/aromatic N) is 1. The largest absolute Gasteiger partial charge is 0.289 e. The van der Waals surface area contributed by atoms with Crippen LogP contribution in [0.15, 0.2) is 54.7 Å². The monoisotopic (exact) mass is 243 g/mol. The predicted molar refractivity (Wildman–Crippen MR) is 67.1 cm³/mol. The highest BCUT2D eigenvalue weighted by molar-refractivity contribution is 6.05. The summed E-state index contributed by atoms with van der Waals surface area (Å²) >= 11 is 0. The summed E-state index contributed by atoms with van der Waals surface area (Å²) < 4.78 is 14.3. The van der Waals surface area contributed by atoms with E-state index in [1.165, 1.54) is 30.3 Å². The normalized spacial score (nSPS) is 10.7. The molecule has 90 valence electrons. The van der Waals surface area contributed by atoms with E-state index in [1.54, 1.807) is 23.0 Å². The Morgan fingerprint density at radius 1 is 1.17 bits per heavy atom. The van der Waals surface area contributed by atoms with Gasteiger partial charge in [0.25, 0.3) is 5.82 Å². The quantitative estimate of drug-likeness (QED) is 0.509. The molecule has 4 heteroatoms. The fraction of sp³-hybridized carbons (Fsp3) is 0. The number of hydrogen-bond acceptors (Lipinski definition) is 2. The topological polar surface area (TPSA) is 47.0 Å². The first-order valence-electron chi connectivity index (χ1n) is 5.40. The lowest BCUT2D eigenvalue weighted by Crippen LogP contribution is -2.29. The van der Waals surface area contributed by atoms with E-state index in [0.29, 0.717) is 11.4 Å². The van der Waals surface area contributed by atoms with Crippen LogP contribution in [-0.2, 0) is 0 Å². The van der Waals surface area contributed by atoms with Gasteiger partial charge in [-0.2, -0.15) is 0 Å². The van der Waals surface area contributed by atoms with Crippen molar-refractivity contribution >= 4 is 17.8 Å². The zero-order valence-corrected chi connectivity index (χ0v) is 9.58. The summed E-state index contributed by atoms with van der Waals surface area (Å²) in [5.74, 6) is -0.0383. The molecule has 3 nitrogen and oxygen atoms in total. The summed E-state index contributed by atoms with van der Waals surface area (Å²) in [5.41, 5.74) is 6.15. The first kappa shape index (κ1) is 12.0. The van der Waals surface area contributed by atoms with Gasteiger partial charge in [0.05, 0.1) is 12.4 Å². The van der Waals surface area contributed by atoms with E-state index < -0.39 is 0 Å². The van der Waals surface area contributed by atoms with Crippen LogP contribution in [-0.4, -0.2) is 5.78 Å². The lowest BCUT2D eigenvalue weighted by molar-refractivity contribution is -0.552. The summed E-state index contributed by atoms with van der Waals surface area (Å²) in [6.45, 7) is 0. The summed E-state index contributed by atoms with van der Waals surface area (Å²) in [7, 11) is 0. The van der Waals surface area contributed by atoms with Crippen molar-refractivity contribution in [3.8, 4) is 0 Å². The van der Waals surface area contributed by atoms with Gasteiger partial charge in [0, 0.05) is 17.7 Å². The molecule has 18 heavy (non-hydrogen) atoms. The van der Waals surface area contributed by atoms with Crippen LogP contribution in [0.1, 0.15) is 10.4 Å². The molecular formula is C14H12FN2O+. The average molecular weight is 243 g/mol. The lowest BCUT2D eigenvalue weighted by Gasteiger charge is -1.96. The second-order valence-corrected chi connectivity index (χ2v) is 3.72. The maximum absolute atomic E-state index is 12.7. The van der Waals surface area contributed by atoms with Crippen LogP contribution in [0.4, 0.5) is 10.2 Å². The van der Waals surface area contributed by atoms with E-state index in [2.05, 4.69) is 0 Å². The Morgan fingerprint density at radius 3 is 2.56 bits per heavy atom. The molecule has 0 bridgehead atoms. The molecule has 1 heterocycles. The standard InChI is InChI=1S/C14H11FN2O/c15-12-6-4-11(5-7-12)13(18)8-10-17-9-2-1-3-14(17)16/h1-10,16H/p+1/b10-8+. The van der Waals surface area contributed by atoms with Crippen molar-refractivity contribution in [3.05, 3.63) is 66.1 Å². The highest BCUT2D eigenvalue weighted by Gasteiger charge is 2.03. The summed E-state index contributed by atoms with van der Waals surface area (Å²) in [6, 6.07) is 10.7. The van der Waals surface area contributed by atoms with Gasteiger partial charge in [-0.1, -0.05) is 6.07 Å². The van der Waals surface area contributed by atoms with Gasteiger partial charge in [0.15, 0.2) is 5.78 Å². The number of carbonyl (C=O) groups excluding carboxylic acids is 1. The van der Waals surface area contributed by atoms with Gasteiger partial charge in [-0.25, -0.2) is 8.96 Å². The minimum absolute atomic E-state index is 0.203. The molecule has 0 unspecified atom stereocenters. The molecule has 2 rings (SSSR count). The number of carbonyl (C=O) groups is 1. The van der Waals surface area contributed by atoms with Crippen LogP contribution in [0.3, 0.4) is 0 Å². The van der Waals surface area contributed by atoms with Crippen LogP contribution in [0.2, 0.25) is 0 Å². The number of rotatable bonds is 3. The number of aromatic nitrogens is 1. The molecule has 0 radical (unpaired) electrons. The number of halogens is 1. The Morgan fingerprint density at radius 2 is 1.89 bits per heavy atom. The molecule has 0 aliphatic carbocycles. The van der Waals surface area contributed by atoms with Gasteiger partial charge in [0.2, 0.25) is 0 Å². The first-order chi connectivity index (χ1) is 8.66. The highest BCUT2D eigenvalue weighted by atomic mass is 19.1. The molecule has 0 saturated carbocycles. The van der Waals surface area contributed by atoms with Crippen molar-refractivity contribution in [2.24, 2.45) is 0 Å². The Labute approximate surface area is 104 Å². The maximum Gasteiger partial charge on any atom is 0.276 e.